The number of carbonyl (C=O) groups excluding carboxylic acids is 2. The van der Waals surface area contributed by atoms with Gasteiger partial charge in [-0.15, -0.1) is 11.8 Å². The van der Waals surface area contributed by atoms with Gasteiger partial charge >= 0.3 is 11.9 Å². The number of fused-ring (bicyclic) bond motifs is 1. The normalized spacial score (nSPS) is 22.6. The van der Waals surface area contributed by atoms with E-state index in [4.69, 9.17) is 9.47 Å². The van der Waals surface area contributed by atoms with Gasteiger partial charge in [0.05, 0.1) is 41.7 Å². The Morgan fingerprint density at radius 1 is 1.20 bits per heavy atom. The summed E-state index contributed by atoms with van der Waals surface area (Å²) in [5.74, 6) is -0.452. The molecule has 2 aliphatic heterocycles. The number of thioether (sulfide) groups is 1. The maximum atomic E-state index is 12.2. The molecule has 1 aromatic rings. The van der Waals surface area contributed by atoms with E-state index in [0.717, 1.165) is 5.56 Å². The molecule has 0 aromatic heterocycles. The molecular weight excluding hydrogens is 348 g/mol. The molecule has 0 N–H and O–H groups in total. The van der Waals surface area contributed by atoms with Gasteiger partial charge in [-0.1, -0.05) is 0 Å². The monoisotopic (exact) mass is 364 g/mol. The number of esters is 2. The van der Waals surface area contributed by atoms with Crippen molar-refractivity contribution in [3.63, 3.8) is 0 Å². The molecule has 8 nitrogen and oxygen atoms in total. The van der Waals surface area contributed by atoms with Crippen LogP contribution in [0.15, 0.2) is 35.4 Å². The van der Waals surface area contributed by atoms with Crippen molar-refractivity contribution < 1.29 is 24.0 Å². The minimum atomic E-state index is -0.540. The summed E-state index contributed by atoms with van der Waals surface area (Å²) in [4.78, 5) is 36.6. The molecule has 0 bridgehead atoms. The number of nitrogens with zero attached hydrogens (tertiary/aromatic N) is 2. The topological polar surface area (TPSA) is 99.0 Å². The zero-order valence-electron chi connectivity index (χ0n) is 13.6. The van der Waals surface area contributed by atoms with Gasteiger partial charge in [-0.25, -0.2) is 9.59 Å². The fraction of sp³-hybridized carbons (Fsp3) is 0.375. The third kappa shape index (κ3) is 3.00. The van der Waals surface area contributed by atoms with Gasteiger partial charge in [-0.2, -0.15) is 0 Å². The summed E-state index contributed by atoms with van der Waals surface area (Å²) in [6.07, 6.45) is 0. The SMILES string of the molecule is COC(=O)C1=C(C(=O)OC)[C@H]2CS[C@H](c3ccc([N+](=O)[O-])cc3)N2C1. The van der Waals surface area contributed by atoms with Crippen molar-refractivity contribution in [1.82, 2.24) is 4.90 Å². The van der Waals surface area contributed by atoms with Gasteiger partial charge in [0.25, 0.3) is 5.69 Å². The molecule has 132 valence electrons. The average molecular weight is 364 g/mol. The standard InChI is InChI=1S/C16H16N2O6S/c1-23-15(19)11-7-17-12(13(11)16(20)24-2)8-25-14(17)9-3-5-10(6-4-9)18(21)22/h3-6,12,14H,7-8H2,1-2H3/t12-,14-/m1/s1. The van der Waals surface area contributed by atoms with Crippen LogP contribution in [0.4, 0.5) is 5.69 Å². The molecule has 0 unspecified atom stereocenters. The number of nitro benzene ring substituents is 1. The largest absolute Gasteiger partial charge is 0.466 e. The second kappa shape index (κ2) is 6.85. The first-order valence-corrected chi connectivity index (χ1v) is 8.54. The van der Waals surface area contributed by atoms with Crippen LogP contribution in [-0.4, -0.2) is 54.3 Å². The van der Waals surface area contributed by atoms with E-state index in [2.05, 4.69) is 0 Å². The molecule has 0 spiro atoms. The number of hydrogen-bond donors (Lipinski definition) is 0. The van der Waals surface area contributed by atoms with Gasteiger partial charge in [-0.3, -0.25) is 15.0 Å². The van der Waals surface area contributed by atoms with E-state index in [1.165, 1.54) is 26.4 Å². The summed E-state index contributed by atoms with van der Waals surface area (Å²) in [5, 5.41) is 10.7. The number of benzene rings is 1. The van der Waals surface area contributed by atoms with Crippen molar-refractivity contribution in [3.05, 3.63) is 51.1 Å². The van der Waals surface area contributed by atoms with Crippen LogP contribution in [0.5, 0.6) is 0 Å². The van der Waals surface area contributed by atoms with Crippen LogP contribution < -0.4 is 0 Å². The number of carbonyl (C=O) groups is 2. The zero-order chi connectivity index (χ0) is 18.1. The Hall–Kier alpha value is -2.39. The van der Waals surface area contributed by atoms with Gasteiger partial charge in [-0.05, 0) is 17.7 Å². The van der Waals surface area contributed by atoms with Crippen LogP contribution in [0.3, 0.4) is 0 Å². The Morgan fingerprint density at radius 3 is 2.40 bits per heavy atom. The van der Waals surface area contributed by atoms with E-state index >= 15 is 0 Å². The Morgan fingerprint density at radius 2 is 1.84 bits per heavy atom. The van der Waals surface area contributed by atoms with Gasteiger partial charge in [0.2, 0.25) is 0 Å². The maximum Gasteiger partial charge on any atom is 0.335 e. The van der Waals surface area contributed by atoms with Crippen molar-refractivity contribution in [1.29, 1.82) is 0 Å². The van der Waals surface area contributed by atoms with E-state index in [1.54, 1.807) is 23.9 Å². The van der Waals surface area contributed by atoms with Crippen molar-refractivity contribution >= 4 is 29.4 Å². The number of hydrogen-bond acceptors (Lipinski definition) is 8. The summed E-state index contributed by atoms with van der Waals surface area (Å²) >= 11 is 1.62. The highest BCUT2D eigenvalue weighted by molar-refractivity contribution is 7.99. The molecule has 9 heteroatoms. The van der Waals surface area contributed by atoms with E-state index in [9.17, 15) is 19.7 Å². The molecule has 2 aliphatic rings. The first-order chi connectivity index (χ1) is 12.0. The molecule has 0 saturated carbocycles. The van der Waals surface area contributed by atoms with Gasteiger partial charge < -0.3 is 9.47 Å². The molecule has 2 heterocycles. The first-order valence-electron chi connectivity index (χ1n) is 7.49. The number of ether oxygens (including phenoxy) is 2. The van der Waals surface area contributed by atoms with Crippen LogP contribution in [0, 0.1) is 10.1 Å². The Bertz CT molecular complexity index is 760. The molecule has 25 heavy (non-hydrogen) atoms. The molecule has 0 amide bonds. The van der Waals surface area contributed by atoms with Crippen molar-refractivity contribution in [3.8, 4) is 0 Å². The van der Waals surface area contributed by atoms with Crippen LogP contribution in [0.2, 0.25) is 0 Å². The molecule has 0 radical (unpaired) electrons. The van der Waals surface area contributed by atoms with Crippen LogP contribution >= 0.6 is 11.8 Å². The fourth-order valence-electron chi connectivity index (χ4n) is 3.16. The van der Waals surface area contributed by atoms with E-state index in [0.29, 0.717) is 16.9 Å². The third-order valence-electron chi connectivity index (χ3n) is 4.34. The second-order valence-corrected chi connectivity index (χ2v) is 6.71. The van der Waals surface area contributed by atoms with Gasteiger partial charge in [0, 0.05) is 24.4 Å². The molecule has 1 fully saturated rings. The summed E-state index contributed by atoms with van der Waals surface area (Å²) in [7, 11) is 2.55. The van der Waals surface area contributed by atoms with Crippen LogP contribution in [-0.2, 0) is 19.1 Å². The summed E-state index contributed by atoms with van der Waals surface area (Å²) in [6.45, 7) is 0.274. The summed E-state index contributed by atoms with van der Waals surface area (Å²) in [5.41, 5.74) is 1.56. The van der Waals surface area contributed by atoms with Crippen LogP contribution in [0.1, 0.15) is 10.9 Å². The van der Waals surface area contributed by atoms with E-state index in [-0.39, 0.29) is 23.6 Å². The van der Waals surface area contributed by atoms with Crippen molar-refractivity contribution in [2.45, 2.75) is 11.4 Å². The predicted molar refractivity (Wildman–Crippen MR) is 89.8 cm³/mol. The van der Waals surface area contributed by atoms with Gasteiger partial charge in [0.15, 0.2) is 0 Å². The van der Waals surface area contributed by atoms with Crippen molar-refractivity contribution in [2.24, 2.45) is 0 Å². The fourth-order valence-corrected chi connectivity index (χ4v) is 4.65. The Balaban J connectivity index is 1.89. The second-order valence-electron chi connectivity index (χ2n) is 5.60. The first kappa shape index (κ1) is 17.4. The third-order valence-corrected chi connectivity index (χ3v) is 5.71. The number of rotatable bonds is 4. The lowest BCUT2D eigenvalue weighted by Crippen LogP contribution is -2.31. The molecule has 2 atom stereocenters. The lowest BCUT2D eigenvalue weighted by atomic mass is 10.1. The van der Waals surface area contributed by atoms with Crippen LogP contribution in [0.25, 0.3) is 0 Å². The smallest absolute Gasteiger partial charge is 0.335 e. The van der Waals surface area contributed by atoms with E-state index < -0.39 is 16.9 Å². The summed E-state index contributed by atoms with van der Waals surface area (Å²) in [6, 6.07) is 6.06. The highest BCUT2D eigenvalue weighted by atomic mass is 32.2. The molecule has 0 aliphatic carbocycles. The Labute approximate surface area is 147 Å². The molecular formula is C16H16N2O6S. The Kier molecular flexibility index (Phi) is 4.78. The quantitative estimate of drug-likeness (QED) is 0.452. The molecule has 3 rings (SSSR count). The lowest BCUT2D eigenvalue weighted by molar-refractivity contribution is -0.384. The molecule has 1 aromatic carbocycles. The number of methoxy groups -OCH3 is 2. The van der Waals surface area contributed by atoms with Crippen molar-refractivity contribution in [2.75, 3.05) is 26.5 Å². The molecule has 1 saturated heterocycles. The zero-order valence-corrected chi connectivity index (χ0v) is 14.4. The minimum Gasteiger partial charge on any atom is -0.466 e. The average Bonchev–Trinajstić information content (AvgIpc) is 3.19. The summed E-state index contributed by atoms with van der Waals surface area (Å²) < 4.78 is 9.63. The van der Waals surface area contributed by atoms with E-state index in [1.807, 2.05) is 4.90 Å². The lowest BCUT2D eigenvalue weighted by Gasteiger charge is -2.23. The minimum absolute atomic E-state index is 0.0216. The highest BCUT2D eigenvalue weighted by Gasteiger charge is 2.47. The number of non-ortho nitro benzene ring substituents is 1. The highest BCUT2D eigenvalue weighted by Crippen LogP contribution is 2.47. The van der Waals surface area contributed by atoms with Gasteiger partial charge in [0.1, 0.15) is 0 Å². The number of nitro groups is 1. The maximum absolute atomic E-state index is 12.2. The predicted octanol–water partition coefficient (Wildman–Crippen LogP) is 1.67.